The SMILES string of the molecule is COc1cccnc1[C@@H]1[C@@H](C(=O)Nc2ccnc(C(N)=O)c2)O[C@@](C)(C(F)(F)F)[C@@H]1C. The van der Waals surface area contributed by atoms with E-state index in [0.717, 1.165) is 6.92 Å². The Bertz CT molecular complexity index is 1000. The average molecular weight is 438 g/mol. The third kappa shape index (κ3) is 4.05. The Kier molecular flexibility index (Phi) is 5.90. The quantitative estimate of drug-likeness (QED) is 0.742. The van der Waals surface area contributed by atoms with Gasteiger partial charge < -0.3 is 20.5 Å². The van der Waals surface area contributed by atoms with Crippen molar-refractivity contribution in [3.63, 3.8) is 0 Å². The number of anilines is 1. The number of carbonyl (C=O) groups excluding carboxylic acids is 2. The van der Waals surface area contributed by atoms with Crippen molar-refractivity contribution in [2.75, 3.05) is 12.4 Å². The van der Waals surface area contributed by atoms with Crippen LogP contribution >= 0.6 is 0 Å². The van der Waals surface area contributed by atoms with E-state index in [1.165, 1.54) is 38.6 Å². The van der Waals surface area contributed by atoms with E-state index in [9.17, 15) is 22.8 Å². The normalized spacial score (nSPS) is 25.8. The first-order chi connectivity index (χ1) is 14.5. The van der Waals surface area contributed by atoms with Gasteiger partial charge in [0, 0.05) is 29.9 Å². The van der Waals surface area contributed by atoms with Crippen LogP contribution in [-0.2, 0) is 9.53 Å². The molecule has 1 aliphatic rings. The maximum Gasteiger partial charge on any atom is 0.417 e. The molecule has 4 atom stereocenters. The Labute approximate surface area is 176 Å². The van der Waals surface area contributed by atoms with E-state index < -0.39 is 41.5 Å². The lowest BCUT2D eigenvalue weighted by atomic mass is 9.78. The number of rotatable bonds is 5. The fourth-order valence-corrected chi connectivity index (χ4v) is 3.65. The molecule has 0 spiro atoms. The van der Waals surface area contributed by atoms with Crippen molar-refractivity contribution in [2.24, 2.45) is 11.7 Å². The molecule has 8 nitrogen and oxygen atoms in total. The van der Waals surface area contributed by atoms with E-state index in [-0.39, 0.29) is 22.8 Å². The summed E-state index contributed by atoms with van der Waals surface area (Å²) in [5.41, 5.74) is 2.79. The molecule has 2 aromatic rings. The fraction of sp³-hybridized carbons (Fsp3) is 0.400. The summed E-state index contributed by atoms with van der Waals surface area (Å²) in [7, 11) is 1.36. The first-order valence-electron chi connectivity index (χ1n) is 9.29. The molecule has 0 radical (unpaired) electrons. The minimum Gasteiger partial charge on any atom is -0.495 e. The fourth-order valence-electron chi connectivity index (χ4n) is 3.65. The zero-order chi connectivity index (χ0) is 23.0. The van der Waals surface area contributed by atoms with Crippen molar-refractivity contribution in [3.05, 3.63) is 48.0 Å². The highest BCUT2D eigenvalue weighted by atomic mass is 19.4. The summed E-state index contributed by atoms with van der Waals surface area (Å²) in [4.78, 5) is 32.3. The average Bonchev–Trinajstić information content (AvgIpc) is 3.00. The van der Waals surface area contributed by atoms with Gasteiger partial charge in [-0.15, -0.1) is 0 Å². The molecule has 1 fully saturated rings. The summed E-state index contributed by atoms with van der Waals surface area (Å²) in [6.07, 6.45) is -3.62. The monoisotopic (exact) mass is 438 g/mol. The number of carbonyl (C=O) groups is 2. The molecule has 0 unspecified atom stereocenters. The van der Waals surface area contributed by atoms with Crippen LogP contribution in [0.1, 0.15) is 35.9 Å². The van der Waals surface area contributed by atoms with E-state index in [4.69, 9.17) is 15.2 Å². The first kappa shape index (κ1) is 22.5. The number of amides is 2. The van der Waals surface area contributed by atoms with Crippen LogP contribution in [0.25, 0.3) is 0 Å². The number of hydrogen-bond acceptors (Lipinski definition) is 6. The third-order valence-corrected chi connectivity index (χ3v) is 5.54. The van der Waals surface area contributed by atoms with Crippen LogP contribution in [0, 0.1) is 5.92 Å². The lowest BCUT2D eigenvalue weighted by Gasteiger charge is -2.31. The summed E-state index contributed by atoms with van der Waals surface area (Å²) >= 11 is 0. The van der Waals surface area contributed by atoms with Gasteiger partial charge in [0.15, 0.2) is 5.60 Å². The maximum absolute atomic E-state index is 13.9. The molecule has 3 heterocycles. The minimum atomic E-state index is -4.74. The second-order valence-corrected chi connectivity index (χ2v) is 7.33. The molecule has 3 rings (SSSR count). The lowest BCUT2D eigenvalue weighted by molar-refractivity contribution is -0.272. The van der Waals surface area contributed by atoms with Crippen LogP contribution < -0.4 is 15.8 Å². The number of methoxy groups -OCH3 is 1. The number of nitrogens with two attached hydrogens (primary N) is 1. The van der Waals surface area contributed by atoms with Gasteiger partial charge in [0.25, 0.3) is 11.8 Å². The van der Waals surface area contributed by atoms with Gasteiger partial charge in [-0.1, -0.05) is 6.92 Å². The second kappa shape index (κ2) is 8.14. The molecule has 11 heteroatoms. The van der Waals surface area contributed by atoms with Crippen molar-refractivity contribution in [1.29, 1.82) is 0 Å². The zero-order valence-corrected chi connectivity index (χ0v) is 16.9. The Morgan fingerprint density at radius 3 is 2.58 bits per heavy atom. The molecule has 3 N–H and O–H groups in total. The van der Waals surface area contributed by atoms with Gasteiger partial charge in [0.05, 0.1) is 12.8 Å². The molecule has 2 amide bonds. The second-order valence-electron chi connectivity index (χ2n) is 7.33. The van der Waals surface area contributed by atoms with Crippen molar-refractivity contribution in [2.45, 2.75) is 37.6 Å². The number of pyridine rings is 2. The number of alkyl halides is 3. The Morgan fingerprint density at radius 1 is 1.26 bits per heavy atom. The zero-order valence-electron chi connectivity index (χ0n) is 16.9. The molecule has 166 valence electrons. The summed E-state index contributed by atoms with van der Waals surface area (Å²) < 4.78 is 52.3. The number of aromatic nitrogens is 2. The molecule has 0 saturated carbocycles. The molecular formula is C20H21F3N4O4. The molecule has 0 aromatic carbocycles. The highest BCUT2D eigenvalue weighted by Crippen LogP contribution is 2.54. The summed E-state index contributed by atoms with van der Waals surface area (Å²) in [5, 5.41) is 2.48. The largest absolute Gasteiger partial charge is 0.495 e. The number of halogens is 3. The summed E-state index contributed by atoms with van der Waals surface area (Å²) in [6, 6.07) is 5.72. The predicted molar refractivity (Wildman–Crippen MR) is 103 cm³/mol. The number of primary amides is 1. The highest BCUT2D eigenvalue weighted by Gasteiger charge is 2.66. The van der Waals surface area contributed by atoms with Crippen LogP contribution in [0.3, 0.4) is 0 Å². The molecule has 0 aliphatic carbocycles. The summed E-state index contributed by atoms with van der Waals surface area (Å²) in [6.45, 7) is 2.27. The van der Waals surface area contributed by atoms with E-state index in [1.807, 2.05) is 0 Å². The van der Waals surface area contributed by atoms with E-state index in [2.05, 4.69) is 15.3 Å². The summed E-state index contributed by atoms with van der Waals surface area (Å²) in [5.74, 6) is -3.63. The van der Waals surface area contributed by atoms with Crippen LogP contribution in [0.2, 0.25) is 0 Å². The molecule has 31 heavy (non-hydrogen) atoms. The Balaban J connectivity index is 2.01. The van der Waals surface area contributed by atoms with Gasteiger partial charge >= 0.3 is 6.18 Å². The maximum atomic E-state index is 13.9. The number of hydrogen-bond donors (Lipinski definition) is 2. The molecule has 2 aromatic heterocycles. The van der Waals surface area contributed by atoms with E-state index in [0.29, 0.717) is 0 Å². The van der Waals surface area contributed by atoms with Crippen molar-refractivity contribution < 1.29 is 32.2 Å². The molecule has 1 saturated heterocycles. The van der Waals surface area contributed by atoms with Crippen LogP contribution in [-0.4, -0.2) is 46.8 Å². The van der Waals surface area contributed by atoms with Crippen LogP contribution in [0.5, 0.6) is 5.75 Å². The Morgan fingerprint density at radius 2 is 1.97 bits per heavy atom. The van der Waals surface area contributed by atoms with Gasteiger partial charge in [-0.3, -0.25) is 19.6 Å². The minimum absolute atomic E-state index is 0.110. The first-order valence-corrected chi connectivity index (χ1v) is 9.29. The van der Waals surface area contributed by atoms with E-state index in [1.54, 1.807) is 12.1 Å². The molecular weight excluding hydrogens is 417 g/mol. The van der Waals surface area contributed by atoms with Gasteiger partial charge in [-0.05, 0) is 31.2 Å². The third-order valence-electron chi connectivity index (χ3n) is 5.54. The highest BCUT2D eigenvalue weighted by molar-refractivity contribution is 5.97. The van der Waals surface area contributed by atoms with Gasteiger partial charge in [0.2, 0.25) is 0 Å². The number of ether oxygens (including phenoxy) is 2. The van der Waals surface area contributed by atoms with Gasteiger partial charge in [-0.2, -0.15) is 13.2 Å². The van der Waals surface area contributed by atoms with Crippen LogP contribution in [0.15, 0.2) is 36.7 Å². The standard InChI is InChI=1S/C20H21F3N4O4/c1-10-14(15-13(30-3)5-4-7-26-15)16(31-19(10,2)20(21,22)23)18(29)27-11-6-8-25-12(9-11)17(24)28/h4-10,14,16H,1-3H3,(H2,24,28)(H,25,27,29)/t10-,14-,16+,19-/m1/s1. The van der Waals surface area contributed by atoms with Crippen molar-refractivity contribution in [1.82, 2.24) is 9.97 Å². The Hall–Kier alpha value is -3.21. The van der Waals surface area contributed by atoms with E-state index >= 15 is 0 Å². The smallest absolute Gasteiger partial charge is 0.417 e. The lowest BCUT2D eigenvalue weighted by Crippen LogP contribution is -2.47. The number of nitrogens with one attached hydrogen (secondary N) is 1. The molecule has 0 bridgehead atoms. The molecule has 1 aliphatic heterocycles. The van der Waals surface area contributed by atoms with Crippen LogP contribution in [0.4, 0.5) is 18.9 Å². The van der Waals surface area contributed by atoms with Gasteiger partial charge in [-0.25, -0.2) is 0 Å². The topological polar surface area (TPSA) is 116 Å². The number of nitrogens with zero attached hydrogens (tertiary/aromatic N) is 2. The van der Waals surface area contributed by atoms with Crippen molar-refractivity contribution in [3.8, 4) is 5.75 Å². The van der Waals surface area contributed by atoms with Crippen molar-refractivity contribution >= 4 is 17.5 Å². The van der Waals surface area contributed by atoms with Gasteiger partial charge in [0.1, 0.15) is 17.5 Å². The predicted octanol–water partition coefficient (Wildman–Crippen LogP) is 2.66.